The highest BCUT2D eigenvalue weighted by molar-refractivity contribution is 8.15. The third-order valence-corrected chi connectivity index (χ3v) is 5.71. The minimum Gasteiger partial charge on any atom is -0.496 e. The number of hydrogen-bond acceptors (Lipinski definition) is 6. The molecule has 0 saturated carbocycles. The van der Waals surface area contributed by atoms with Gasteiger partial charge >= 0.3 is 5.97 Å². The van der Waals surface area contributed by atoms with Gasteiger partial charge in [0.05, 0.1) is 30.7 Å². The maximum absolute atomic E-state index is 13.1. The minimum atomic E-state index is -0.671. The molecule has 1 unspecified atom stereocenters. The Hall–Kier alpha value is -3.06. The van der Waals surface area contributed by atoms with Crippen molar-refractivity contribution in [2.45, 2.75) is 13.0 Å². The van der Waals surface area contributed by atoms with E-state index in [1.54, 1.807) is 18.9 Å². The number of benzene rings is 2. The molecule has 1 amide bonds. The molecule has 148 valence electrons. The van der Waals surface area contributed by atoms with Crippen LogP contribution in [0.25, 0.3) is 5.70 Å². The summed E-state index contributed by atoms with van der Waals surface area (Å²) in [6, 6.07) is 16.2. The Morgan fingerprint density at radius 3 is 2.62 bits per heavy atom. The van der Waals surface area contributed by atoms with Gasteiger partial charge in [-0.1, -0.05) is 60.3 Å². The number of esters is 1. The Morgan fingerprint density at radius 2 is 1.90 bits per heavy atom. The number of thioether (sulfide) groups is 1. The summed E-state index contributed by atoms with van der Waals surface area (Å²) in [6.45, 7) is 1.98. The largest absolute Gasteiger partial charge is 0.496 e. The van der Waals surface area contributed by atoms with Crippen LogP contribution in [0.4, 0.5) is 0 Å². The van der Waals surface area contributed by atoms with Crippen molar-refractivity contribution in [3.05, 3.63) is 71.3 Å². The zero-order valence-electron chi connectivity index (χ0n) is 16.1. The van der Waals surface area contributed by atoms with Crippen molar-refractivity contribution in [2.24, 2.45) is 4.99 Å². The van der Waals surface area contributed by atoms with Crippen molar-refractivity contribution in [3.8, 4) is 5.75 Å². The molecule has 0 aromatic heterocycles. The van der Waals surface area contributed by atoms with Crippen molar-refractivity contribution in [2.75, 3.05) is 19.5 Å². The lowest BCUT2D eigenvalue weighted by molar-refractivity contribution is -0.139. The molecule has 2 aliphatic rings. The molecule has 29 heavy (non-hydrogen) atoms. The second-order valence-electron chi connectivity index (χ2n) is 6.44. The van der Waals surface area contributed by atoms with Crippen molar-refractivity contribution in [1.29, 1.82) is 0 Å². The number of aliphatic imine (C=N–C) groups is 1. The van der Waals surface area contributed by atoms with Gasteiger partial charge in [-0.3, -0.25) is 9.69 Å². The third-order valence-electron chi connectivity index (χ3n) is 4.77. The van der Waals surface area contributed by atoms with Crippen LogP contribution in [0.5, 0.6) is 5.75 Å². The zero-order valence-corrected chi connectivity index (χ0v) is 16.9. The van der Waals surface area contributed by atoms with E-state index in [0.29, 0.717) is 22.2 Å². The molecule has 1 fully saturated rings. The van der Waals surface area contributed by atoms with E-state index in [9.17, 15) is 9.59 Å². The van der Waals surface area contributed by atoms with Crippen molar-refractivity contribution in [3.63, 3.8) is 0 Å². The van der Waals surface area contributed by atoms with Gasteiger partial charge in [0.25, 0.3) is 0 Å². The second kappa shape index (κ2) is 8.13. The molecule has 0 N–H and O–H groups in total. The van der Waals surface area contributed by atoms with Gasteiger partial charge in [0.15, 0.2) is 5.17 Å². The first-order valence-corrected chi connectivity index (χ1v) is 10.3. The van der Waals surface area contributed by atoms with Gasteiger partial charge in [0, 0.05) is 11.1 Å². The Labute approximate surface area is 173 Å². The standard InChI is InChI=1S/C22H20N2O4S/c1-3-28-21(26)18-19(14-9-5-4-6-10-14)23-22-24(17(25)13-29-22)20(18)15-11-7-8-12-16(15)27-2/h4-12,20H,3,13H2,1-2H3. The molecule has 4 rings (SSSR count). The monoisotopic (exact) mass is 408 g/mol. The van der Waals surface area contributed by atoms with Gasteiger partial charge in [0.1, 0.15) is 11.8 Å². The summed E-state index contributed by atoms with van der Waals surface area (Å²) in [4.78, 5) is 32.2. The second-order valence-corrected chi connectivity index (χ2v) is 7.38. The summed E-state index contributed by atoms with van der Waals surface area (Å²) in [5.41, 5.74) is 2.37. The van der Waals surface area contributed by atoms with Crippen molar-refractivity contribution >= 4 is 34.5 Å². The number of hydrogen-bond donors (Lipinski definition) is 0. The summed E-state index contributed by atoms with van der Waals surface area (Å²) in [5, 5.41) is 0.581. The SMILES string of the molecule is CCOC(=O)C1=C(c2ccccc2)N=C2SCC(=O)N2C1c1ccccc1OC. The summed E-state index contributed by atoms with van der Waals surface area (Å²) >= 11 is 1.37. The summed E-state index contributed by atoms with van der Waals surface area (Å²) < 4.78 is 10.9. The Kier molecular flexibility index (Phi) is 5.40. The van der Waals surface area contributed by atoms with E-state index in [0.717, 1.165) is 11.1 Å². The van der Waals surface area contributed by atoms with E-state index in [1.165, 1.54) is 11.8 Å². The Morgan fingerprint density at radius 1 is 1.17 bits per heavy atom. The van der Waals surface area contributed by atoms with E-state index < -0.39 is 12.0 Å². The fourth-order valence-electron chi connectivity index (χ4n) is 3.55. The first-order valence-electron chi connectivity index (χ1n) is 9.28. The van der Waals surface area contributed by atoms with Crippen molar-refractivity contribution < 1.29 is 19.1 Å². The molecule has 2 heterocycles. The predicted molar refractivity (Wildman–Crippen MR) is 112 cm³/mol. The highest BCUT2D eigenvalue weighted by Crippen LogP contribution is 2.45. The molecule has 0 spiro atoms. The number of carbonyl (C=O) groups excluding carboxylic acids is 2. The molecule has 1 atom stereocenters. The lowest BCUT2D eigenvalue weighted by Crippen LogP contribution is -2.39. The molecule has 0 radical (unpaired) electrons. The molecule has 0 bridgehead atoms. The van der Waals surface area contributed by atoms with Crippen LogP contribution in [0, 0.1) is 0 Å². The summed E-state index contributed by atoms with van der Waals surface area (Å²) in [7, 11) is 1.57. The predicted octanol–water partition coefficient (Wildman–Crippen LogP) is 3.66. The molecule has 2 aromatic carbocycles. The maximum atomic E-state index is 13.1. The van der Waals surface area contributed by atoms with Crippen LogP contribution in [0.15, 0.2) is 65.2 Å². The van der Waals surface area contributed by atoms with E-state index in [2.05, 4.69) is 0 Å². The molecule has 1 saturated heterocycles. The van der Waals surface area contributed by atoms with Gasteiger partial charge in [-0.2, -0.15) is 0 Å². The van der Waals surface area contributed by atoms with E-state index in [4.69, 9.17) is 14.5 Å². The van der Waals surface area contributed by atoms with Gasteiger partial charge in [-0.25, -0.2) is 9.79 Å². The first kappa shape index (κ1) is 19.3. The van der Waals surface area contributed by atoms with Gasteiger partial charge in [0.2, 0.25) is 5.91 Å². The summed E-state index contributed by atoms with van der Waals surface area (Å²) in [6.07, 6.45) is 0. The molecule has 2 aromatic rings. The molecule has 2 aliphatic heterocycles. The Bertz CT molecular complexity index is 1020. The third kappa shape index (κ3) is 3.42. The van der Waals surface area contributed by atoms with Gasteiger partial charge in [-0.05, 0) is 13.0 Å². The average molecular weight is 408 g/mol. The van der Waals surface area contributed by atoms with Crippen LogP contribution >= 0.6 is 11.8 Å². The van der Waals surface area contributed by atoms with E-state index in [-0.39, 0.29) is 18.3 Å². The van der Waals surface area contributed by atoms with Crippen LogP contribution in [0.1, 0.15) is 24.1 Å². The van der Waals surface area contributed by atoms with E-state index >= 15 is 0 Å². The van der Waals surface area contributed by atoms with Gasteiger partial charge < -0.3 is 9.47 Å². The topological polar surface area (TPSA) is 68.2 Å². The number of methoxy groups -OCH3 is 1. The van der Waals surface area contributed by atoms with Crippen LogP contribution in [-0.4, -0.2) is 41.4 Å². The molecular weight excluding hydrogens is 388 g/mol. The van der Waals surface area contributed by atoms with Crippen LogP contribution in [0.3, 0.4) is 0 Å². The molecule has 7 heteroatoms. The zero-order chi connectivity index (χ0) is 20.4. The fraction of sp³-hybridized carbons (Fsp3) is 0.227. The first-order chi connectivity index (χ1) is 14.2. The van der Waals surface area contributed by atoms with E-state index in [1.807, 2.05) is 54.6 Å². The number of amides is 1. The maximum Gasteiger partial charge on any atom is 0.338 e. The number of carbonyl (C=O) groups is 2. The fourth-order valence-corrected chi connectivity index (χ4v) is 4.44. The highest BCUT2D eigenvalue weighted by Gasteiger charge is 2.45. The minimum absolute atomic E-state index is 0.0985. The van der Waals surface area contributed by atoms with Crippen molar-refractivity contribution in [1.82, 2.24) is 4.90 Å². The number of ether oxygens (including phenoxy) is 2. The summed E-state index contributed by atoms with van der Waals surface area (Å²) in [5.74, 6) is 0.286. The molecule has 0 aliphatic carbocycles. The quantitative estimate of drug-likeness (QED) is 0.707. The van der Waals surface area contributed by atoms with Gasteiger partial charge in [-0.15, -0.1) is 0 Å². The number of fused-ring (bicyclic) bond motifs is 1. The normalized spacial score (nSPS) is 18.4. The number of amidine groups is 1. The smallest absolute Gasteiger partial charge is 0.338 e. The lowest BCUT2D eigenvalue weighted by atomic mass is 9.91. The number of nitrogens with zero attached hydrogens (tertiary/aromatic N) is 2. The average Bonchev–Trinajstić information content (AvgIpc) is 3.13. The van der Waals surface area contributed by atoms with Crippen LogP contribution < -0.4 is 4.74 Å². The van der Waals surface area contributed by atoms with Crippen LogP contribution in [-0.2, 0) is 14.3 Å². The lowest BCUT2D eigenvalue weighted by Gasteiger charge is -2.34. The molecular formula is C22H20N2O4S. The number of rotatable bonds is 5. The highest BCUT2D eigenvalue weighted by atomic mass is 32.2. The number of para-hydroxylation sites is 1. The molecule has 6 nitrogen and oxygen atoms in total. The Balaban J connectivity index is 2.00. The van der Waals surface area contributed by atoms with Crippen LogP contribution in [0.2, 0.25) is 0 Å².